The van der Waals surface area contributed by atoms with Gasteiger partial charge in [0.1, 0.15) is 6.10 Å². The number of hydrogen-bond acceptors (Lipinski definition) is 3. The van der Waals surface area contributed by atoms with Crippen molar-refractivity contribution >= 4 is 0 Å². The molecule has 1 aliphatic rings. The minimum absolute atomic E-state index is 0.310. The highest BCUT2D eigenvalue weighted by Gasteiger charge is 2.43. The average Bonchev–Trinajstić information content (AvgIpc) is 3.11. The summed E-state index contributed by atoms with van der Waals surface area (Å²) in [5.41, 5.74) is 9.28. The van der Waals surface area contributed by atoms with E-state index in [9.17, 15) is 5.11 Å². The second-order valence-corrected chi connectivity index (χ2v) is 6.07. The summed E-state index contributed by atoms with van der Waals surface area (Å²) in [5, 5.41) is 15.3. The highest BCUT2D eigenvalue weighted by Crippen LogP contribution is 2.45. The first-order valence-electron chi connectivity index (χ1n) is 7.67. The van der Waals surface area contributed by atoms with Crippen LogP contribution in [-0.4, -0.2) is 21.4 Å². The van der Waals surface area contributed by atoms with Gasteiger partial charge in [0.05, 0.1) is 5.69 Å². The van der Waals surface area contributed by atoms with Gasteiger partial charge in [-0.05, 0) is 36.5 Å². The number of aromatic nitrogens is 2. The van der Waals surface area contributed by atoms with Crippen LogP contribution in [0.3, 0.4) is 0 Å². The van der Waals surface area contributed by atoms with E-state index in [0.29, 0.717) is 6.54 Å². The molecule has 1 unspecified atom stereocenters. The molecule has 1 aromatic carbocycles. The fourth-order valence-corrected chi connectivity index (χ4v) is 3.46. The molecule has 0 saturated carbocycles. The summed E-state index contributed by atoms with van der Waals surface area (Å²) in [4.78, 5) is 0. The van der Waals surface area contributed by atoms with Crippen LogP contribution >= 0.6 is 0 Å². The molecule has 0 fully saturated rings. The fourth-order valence-electron chi connectivity index (χ4n) is 3.46. The molecule has 0 aliphatic heterocycles. The Hall–Kier alpha value is -1.65. The Morgan fingerprint density at radius 3 is 2.52 bits per heavy atom. The third-order valence-corrected chi connectivity index (χ3v) is 4.65. The van der Waals surface area contributed by atoms with Gasteiger partial charge in [-0.1, -0.05) is 31.2 Å². The average molecular weight is 285 g/mol. The molecule has 1 aliphatic carbocycles. The normalized spacial score (nSPS) is 17.7. The SMILES string of the molecule is CCCn1nccc1C(O)C1(CN)Cc2ccccc2C1. The van der Waals surface area contributed by atoms with Gasteiger partial charge in [-0.2, -0.15) is 5.10 Å². The lowest BCUT2D eigenvalue weighted by molar-refractivity contribution is 0.0286. The van der Waals surface area contributed by atoms with Gasteiger partial charge in [0.2, 0.25) is 0 Å². The Kier molecular flexibility index (Phi) is 3.83. The maximum atomic E-state index is 11.0. The van der Waals surface area contributed by atoms with Crippen LogP contribution in [0.25, 0.3) is 0 Å². The molecule has 21 heavy (non-hydrogen) atoms. The van der Waals surface area contributed by atoms with Gasteiger partial charge < -0.3 is 10.8 Å². The van der Waals surface area contributed by atoms with Crippen molar-refractivity contribution in [2.24, 2.45) is 11.1 Å². The summed E-state index contributed by atoms with van der Waals surface area (Å²) in [7, 11) is 0. The Morgan fingerprint density at radius 1 is 1.29 bits per heavy atom. The number of aliphatic hydroxyl groups excluding tert-OH is 1. The van der Waals surface area contributed by atoms with Crippen molar-refractivity contribution in [2.75, 3.05) is 6.54 Å². The zero-order valence-electron chi connectivity index (χ0n) is 12.5. The molecule has 0 bridgehead atoms. The van der Waals surface area contributed by atoms with Crippen molar-refractivity contribution < 1.29 is 5.11 Å². The van der Waals surface area contributed by atoms with E-state index in [1.54, 1.807) is 6.20 Å². The zero-order valence-corrected chi connectivity index (χ0v) is 12.5. The molecule has 1 aromatic heterocycles. The van der Waals surface area contributed by atoms with E-state index in [0.717, 1.165) is 31.5 Å². The predicted octanol–water partition coefficient (Wildman–Crippen LogP) is 2.07. The van der Waals surface area contributed by atoms with Crippen molar-refractivity contribution in [1.82, 2.24) is 9.78 Å². The molecule has 3 N–H and O–H groups in total. The summed E-state index contributed by atoms with van der Waals surface area (Å²) in [5.74, 6) is 0. The van der Waals surface area contributed by atoms with Crippen molar-refractivity contribution in [3.63, 3.8) is 0 Å². The molecular weight excluding hydrogens is 262 g/mol. The minimum Gasteiger partial charge on any atom is -0.386 e. The van der Waals surface area contributed by atoms with Crippen LogP contribution in [-0.2, 0) is 19.4 Å². The zero-order chi connectivity index (χ0) is 14.9. The van der Waals surface area contributed by atoms with Gasteiger partial charge in [-0.3, -0.25) is 4.68 Å². The quantitative estimate of drug-likeness (QED) is 0.884. The van der Waals surface area contributed by atoms with Crippen LogP contribution in [0.4, 0.5) is 0 Å². The third kappa shape index (κ3) is 2.39. The summed E-state index contributed by atoms with van der Waals surface area (Å²) in [6.45, 7) is 3.41. The second-order valence-electron chi connectivity index (χ2n) is 6.07. The molecular formula is C17H23N3O. The van der Waals surface area contributed by atoms with Crippen LogP contribution < -0.4 is 5.73 Å². The van der Waals surface area contributed by atoms with E-state index < -0.39 is 6.10 Å². The largest absolute Gasteiger partial charge is 0.386 e. The predicted molar refractivity (Wildman–Crippen MR) is 82.8 cm³/mol. The summed E-state index contributed by atoms with van der Waals surface area (Å²) >= 11 is 0. The number of benzene rings is 1. The number of nitrogens with two attached hydrogens (primary N) is 1. The number of rotatable bonds is 5. The lowest BCUT2D eigenvalue weighted by atomic mass is 9.77. The standard InChI is InChI=1S/C17H23N3O/c1-2-9-20-15(7-8-19-20)16(21)17(12-18)10-13-5-3-4-6-14(13)11-17/h3-8,16,21H,2,9-12,18H2,1H3. The van der Waals surface area contributed by atoms with E-state index in [2.05, 4.69) is 36.3 Å². The third-order valence-electron chi connectivity index (χ3n) is 4.65. The van der Waals surface area contributed by atoms with Crippen molar-refractivity contribution in [1.29, 1.82) is 0 Å². The summed E-state index contributed by atoms with van der Waals surface area (Å²) in [6, 6.07) is 10.3. The van der Waals surface area contributed by atoms with Crippen molar-refractivity contribution in [3.8, 4) is 0 Å². The molecule has 0 amide bonds. The number of aryl methyl sites for hydroxylation is 1. The molecule has 4 nitrogen and oxygen atoms in total. The summed E-state index contributed by atoms with van der Waals surface area (Å²) in [6.07, 6.45) is 3.84. The molecule has 0 radical (unpaired) electrons. The van der Waals surface area contributed by atoms with Crippen LogP contribution in [0, 0.1) is 5.41 Å². The summed E-state index contributed by atoms with van der Waals surface area (Å²) < 4.78 is 1.91. The van der Waals surface area contributed by atoms with Gasteiger partial charge in [-0.15, -0.1) is 0 Å². The Balaban J connectivity index is 1.92. The molecule has 0 spiro atoms. The molecule has 1 atom stereocenters. The number of hydrogen-bond donors (Lipinski definition) is 2. The molecule has 2 aromatic rings. The lowest BCUT2D eigenvalue weighted by Gasteiger charge is -2.33. The van der Waals surface area contributed by atoms with Crippen LogP contribution in [0.2, 0.25) is 0 Å². The molecule has 4 heteroatoms. The minimum atomic E-state index is -0.580. The van der Waals surface area contributed by atoms with Gasteiger partial charge in [0, 0.05) is 24.7 Å². The van der Waals surface area contributed by atoms with E-state index >= 15 is 0 Å². The smallest absolute Gasteiger partial charge is 0.103 e. The van der Waals surface area contributed by atoms with Gasteiger partial charge in [0.25, 0.3) is 0 Å². The Bertz CT molecular complexity index is 595. The van der Waals surface area contributed by atoms with Crippen LogP contribution in [0.15, 0.2) is 36.5 Å². The second kappa shape index (κ2) is 5.62. The van der Waals surface area contributed by atoms with E-state index in [1.807, 2.05) is 10.7 Å². The Labute approximate surface area is 125 Å². The van der Waals surface area contributed by atoms with Crippen LogP contribution in [0.5, 0.6) is 0 Å². The highest BCUT2D eigenvalue weighted by molar-refractivity contribution is 5.36. The van der Waals surface area contributed by atoms with Crippen molar-refractivity contribution in [3.05, 3.63) is 53.3 Å². The number of aliphatic hydroxyl groups is 1. The van der Waals surface area contributed by atoms with E-state index in [4.69, 9.17) is 5.73 Å². The maximum Gasteiger partial charge on any atom is 0.103 e. The maximum absolute atomic E-state index is 11.0. The topological polar surface area (TPSA) is 64.1 Å². The Morgan fingerprint density at radius 2 is 1.95 bits per heavy atom. The highest BCUT2D eigenvalue weighted by atomic mass is 16.3. The first-order chi connectivity index (χ1) is 10.2. The van der Waals surface area contributed by atoms with Crippen LogP contribution in [0.1, 0.15) is 36.3 Å². The van der Waals surface area contributed by atoms with E-state index in [-0.39, 0.29) is 5.41 Å². The lowest BCUT2D eigenvalue weighted by Crippen LogP contribution is -2.38. The number of fused-ring (bicyclic) bond motifs is 1. The molecule has 112 valence electrons. The molecule has 0 saturated heterocycles. The fraction of sp³-hybridized carbons (Fsp3) is 0.471. The first-order valence-corrected chi connectivity index (χ1v) is 7.67. The first kappa shape index (κ1) is 14.3. The van der Waals surface area contributed by atoms with Crippen molar-refractivity contribution in [2.45, 2.75) is 38.8 Å². The van der Waals surface area contributed by atoms with Gasteiger partial charge >= 0.3 is 0 Å². The molecule has 3 rings (SSSR count). The van der Waals surface area contributed by atoms with Gasteiger partial charge in [0.15, 0.2) is 0 Å². The molecule has 1 heterocycles. The van der Waals surface area contributed by atoms with Gasteiger partial charge in [-0.25, -0.2) is 0 Å². The monoisotopic (exact) mass is 285 g/mol. The van der Waals surface area contributed by atoms with E-state index in [1.165, 1.54) is 11.1 Å². The number of nitrogens with zero attached hydrogens (tertiary/aromatic N) is 2.